The van der Waals surface area contributed by atoms with Crippen LogP contribution in [0, 0.1) is 0 Å². The van der Waals surface area contributed by atoms with Crippen molar-refractivity contribution in [2.24, 2.45) is 0 Å². The van der Waals surface area contributed by atoms with Gasteiger partial charge in [0.05, 0.1) is 17.8 Å². The molecule has 3 aromatic rings. The first-order valence-corrected chi connectivity index (χ1v) is 6.65. The van der Waals surface area contributed by atoms with Crippen molar-refractivity contribution in [3.05, 3.63) is 51.6 Å². The van der Waals surface area contributed by atoms with Gasteiger partial charge >= 0.3 is 0 Å². The zero-order chi connectivity index (χ0) is 13.4. The van der Waals surface area contributed by atoms with E-state index in [4.69, 9.17) is 0 Å². The Hall–Kier alpha value is -2.21. The van der Waals surface area contributed by atoms with E-state index >= 15 is 0 Å². The number of aromatic nitrogens is 3. The van der Waals surface area contributed by atoms with Gasteiger partial charge in [0.2, 0.25) is 0 Å². The lowest BCUT2D eigenvalue weighted by Crippen LogP contribution is -2.14. The van der Waals surface area contributed by atoms with E-state index in [0.717, 1.165) is 0 Å². The summed E-state index contributed by atoms with van der Waals surface area (Å²) in [6.07, 6.45) is 1.80. The number of rotatable bonds is 3. The van der Waals surface area contributed by atoms with Crippen LogP contribution in [0.25, 0.3) is 10.2 Å². The molecule has 0 fully saturated rings. The molecule has 0 spiro atoms. The number of thiophene rings is 1. The fraction of sp³-hybridized carbons (Fsp3) is 0.154. The minimum atomic E-state index is -0.133. The van der Waals surface area contributed by atoms with Crippen LogP contribution in [0.5, 0.6) is 0 Å². The van der Waals surface area contributed by atoms with E-state index in [2.05, 4.69) is 9.97 Å². The average Bonchev–Trinajstić information content (AvgIpc) is 2.97. The summed E-state index contributed by atoms with van der Waals surface area (Å²) in [5.74, 6) is 0.540. The summed E-state index contributed by atoms with van der Waals surface area (Å²) in [6, 6.07) is 5.38. The molecule has 0 saturated heterocycles. The molecule has 0 aliphatic carbocycles. The van der Waals surface area contributed by atoms with Crippen molar-refractivity contribution in [3.8, 4) is 0 Å². The smallest absolute Gasteiger partial charge is 0.268 e. The Morgan fingerprint density at radius 2 is 2.32 bits per heavy atom. The molecule has 3 rings (SSSR count). The fourth-order valence-corrected chi connectivity index (χ4v) is 2.75. The molecule has 0 bridgehead atoms. The molecule has 19 heavy (non-hydrogen) atoms. The van der Waals surface area contributed by atoms with Gasteiger partial charge in [0.25, 0.3) is 5.56 Å². The fourth-order valence-electron chi connectivity index (χ4n) is 2.03. The van der Waals surface area contributed by atoms with Crippen molar-refractivity contribution in [1.29, 1.82) is 0 Å². The van der Waals surface area contributed by atoms with Crippen molar-refractivity contribution in [3.63, 3.8) is 0 Å². The summed E-state index contributed by atoms with van der Waals surface area (Å²) in [6.45, 7) is 1.90. The van der Waals surface area contributed by atoms with Crippen LogP contribution in [0.15, 0.2) is 34.6 Å². The maximum absolute atomic E-state index is 11.8. The molecule has 0 radical (unpaired) electrons. The molecule has 0 unspecified atom stereocenters. The normalized spacial score (nSPS) is 11.0. The predicted molar refractivity (Wildman–Crippen MR) is 73.8 cm³/mol. The zero-order valence-corrected chi connectivity index (χ0v) is 11.0. The monoisotopic (exact) mass is 273 g/mol. The van der Waals surface area contributed by atoms with E-state index < -0.39 is 0 Å². The SMILES string of the molecule is CC(=O)c1cccn1Cc1nc2ccsc2c(=O)[nH]1. The number of ketones is 1. The number of carbonyl (C=O) groups is 1. The second kappa shape index (κ2) is 4.47. The van der Waals surface area contributed by atoms with Gasteiger partial charge in [-0.3, -0.25) is 9.59 Å². The number of aromatic amines is 1. The number of carbonyl (C=O) groups excluding carboxylic acids is 1. The van der Waals surface area contributed by atoms with Crippen molar-refractivity contribution in [2.75, 3.05) is 0 Å². The van der Waals surface area contributed by atoms with Crippen molar-refractivity contribution in [2.45, 2.75) is 13.5 Å². The van der Waals surface area contributed by atoms with Crippen molar-refractivity contribution in [1.82, 2.24) is 14.5 Å². The number of nitrogens with zero attached hydrogens (tertiary/aromatic N) is 2. The van der Waals surface area contributed by atoms with E-state index in [0.29, 0.717) is 28.3 Å². The van der Waals surface area contributed by atoms with E-state index in [1.165, 1.54) is 18.3 Å². The van der Waals surface area contributed by atoms with E-state index in [9.17, 15) is 9.59 Å². The maximum atomic E-state index is 11.8. The zero-order valence-electron chi connectivity index (χ0n) is 10.2. The molecule has 0 aliphatic rings. The molecule has 0 aromatic carbocycles. The molecule has 0 saturated carbocycles. The van der Waals surface area contributed by atoms with Crippen LogP contribution in [-0.4, -0.2) is 20.3 Å². The summed E-state index contributed by atoms with van der Waals surface area (Å²) in [7, 11) is 0. The highest BCUT2D eigenvalue weighted by molar-refractivity contribution is 7.17. The first-order valence-electron chi connectivity index (χ1n) is 5.77. The largest absolute Gasteiger partial charge is 0.338 e. The highest BCUT2D eigenvalue weighted by Gasteiger charge is 2.09. The van der Waals surface area contributed by atoms with Crippen LogP contribution in [0.1, 0.15) is 23.2 Å². The van der Waals surface area contributed by atoms with Crippen LogP contribution in [0.2, 0.25) is 0 Å². The Morgan fingerprint density at radius 1 is 1.47 bits per heavy atom. The quantitative estimate of drug-likeness (QED) is 0.742. The number of Topliss-reactive ketones (excluding diaryl/α,β-unsaturated/α-hetero) is 1. The van der Waals surface area contributed by atoms with E-state index in [-0.39, 0.29) is 11.3 Å². The lowest BCUT2D eigenvalue weighted by atomic mass is 10.3. The third-order valence-corrected chi connectivity index (χ3v) is 3.78. The Bertz CT molecular complexity index is 813. The highest BCUT2D eigenvalue weighted by atomic mass is 32.1. The van der Waals surface area contributed by atoms with Crippen LogP contribution >= 0.6 is 11.3 Å². The minimum Gasteiger partial charge on any atom is -0.338 e. The maximum Gasteiger partial charge on any atom is 0.268 e. The van der Waals surface area contributed by atoms with Gasteiger partial charge in [-0.05, 0) is 23.6 Å². The summed E-state index contributed by atoms with van der Waals surface area (Å²) in [5, 5.41) is 1.84. The summed E-state index contributed by atoms with van der Waals surface area (Å²) in [4.78, 5) is 30.4. The molecule has 6 heteroatoms. The Kier molecular flexibility index (Phi) is 2.79. The molecular weight excluding hydrogens is 262 g/mol. The van der Waals surface area contributed by atoms with Gasteiger partial charge in [0.1, 0.15) is 10.5 Å². The van der Waals surface area contributed by atoms with Crippen LogP contribution in [0.3, 0.4) is 0 Å². The molecule has 3 heterocycles. The van der Waals surface area contributed by atoms with E-state index in [1.807, 2.05) is 11.4 Å². The number of fused-ring (bicyclic) bond motifs is 1. The van der Waals surface area contributed by atoms with Gasteiger partial charge in [-0.25, -0.2) is 4.98 Å². The Morgan fingerprint density at radius 3 is 3.11 bits per heavy atom. The number of hydrogen-bond acceptors (Lipinski definition) is 4. The summed E-state index contributed by atoms with van der Waals surface area (Å²) in [5.41, 5.74) is 1.17. The third kappa shape index (κ3) is 2.10. The lowest BCUT2D eigenvalue weighted by Gasteiger charge is -2.06. The number of H-pyrrole nitrogens is 1. The predicted octanol–water partition coefficient (Wildman–Crippen LogP) is 2.04. The molecule has 0 atom stereocenters. The standard InChI is InChI=1S/C13H11N3O2S/c1-8(17)10-3-2-5-16(10)7-11-14-9-4-6-19-12(9)13(18)15-11/h2-6H,7H2,1H3,(H,14,15,18). The Labute approximate surface area is 112 Å². The van der Waals surface area contributed by atoms with Gasteiger partial charge in [-0.15, -0.1) is 11.3 Å². The molecule has 96 valence electrons. The van der Waals surface area contributed by atoms with Gasteiger partial charge in [0.15, 0.2) is 5.78 Å². The molecule has 0 amide bonds. The number of nitrogens with one attached hydrogen (secondary N) is 1. The second-order valence-corrected chi connectivity index (χ2v) is 5.14. The first-order chi connectivity index (χ1) is 9.15. The number of hydrogen-bond donors (Lipinski definition) is 1. The first kappa shape index (κ1) is 11.9. The minimum absolute atomic E-state index is 0.0102. The molecule has 1 N–H and O–H groups in total. The average molecular weight is 273 g/mol. The topological polar surface area (TPSA) is 67.8 Å². The van der Waals surface area contributed by atoms with Crippen LogP contribution in [-0.2, 0) is 6.54 Å². The molecule has 5 nitrogen and oxygen atoms in total. The van der Waals surface area contributed by atoms with Gasteiger partial charge in [-0.2, -0.15) is 0 Å². The van der Waals surface area contributed by atoms with E-state index in [1.54, 1.807) is 22.9 Å². The van der Waals surface area contributed by atoms with Crippen molar-refractivity contribution < 1.29 is 4.79 Å². The summed E-state index contributed by atoms with van der Waals surface area (Å²) >= 11 is 1.37. The molecule has 0 aliphatic heterocycles. The van der Waals surface area contributed by atoms with Gasteiger partial charge < -0.3 is 9.55 Å². The highest BCUT2D eigenvalue weighted by Crippen LogP contribution is 2.14. The second-order valence-electron chi connectivity index (χ2n) is 4.23. The van der Waals surface area contributed by atoms with Gasteiger partial charge in [-0.1, -0.05) is 0 Å². The van der Waals surface area contributed by atoms with Gasteiger partial charge in [0, 0.05) is 13.1 Å². The lowest BCUT2D eigenvalue weighted by molar-refractivity contribution is 0.100. The van der Waals surface area contributed by atoms with Crippen molar-refractivity contribution >= 4 is 27.3 Å². The molecular formula is C13H11N3O2S. The summed E-state index contributed by atoms with van der Waals surface area (Å²) < 4.78 is 2.40. The van der Waals surface area contributed by atoms with Crippen LogP contribution in [0.4, 0.5) is 0 Å². The third-order valence-electron chi connectivity index (χ3n) is 2.87. The Balaban J connectivity index is 2.03. The molecule has 3 aromatic heterocycles. The van der Waals surface area contributed by atoms with Crippen LogP contribution < -0.4 is 5.56 Å².